The lowest BCUT2D eigenvalue weighted by atomic mass is 10.3. The molecule has 128 valence electrons. The summed E-state index contributed by atoms with van der Waals surface area (Å²) in [4.78, 5) is 20.7. The highest BCUT2D eigenvalue weighted by Gasteiger charge is 2.08. The standard InChI is InChI=1S/C18H19N5O2/c1-25-16-8-3-2-6-14(16)22-18(24)21-11-13-23-12-10-20-17(23)15-7-4-5-9-19-15/h2-10,12H,11,13H2,1H3,(H2,21,22,24). The molecule has 0 unspecified atom stereocenters. The third-order valence-electron chi connectivity index (χ3n) is 3.60. The number of para-hydroxylation sites is 2. The van der Waals surface area contributed by atoms with E-state index in [1.54, 1.807) is 31.6 Å². The Bertz CT molecular complexity index is 832. The number of rotatable bonds is 6. The Morgan fingerprint density at radius 3 is 2.76 bits per heavy atom. The van der Waals surface area contributed by atoms with Crippen LogP contribution in [0.15, 0.2) is 61.1 Å². The zero-order chi connectivity index (χ0) is 17.5. The van der Waals surface area contributed by atoms with Gasteiger partial charge in [0, 0.05) is 31.7 Å². The molecule has 1 aromatic carbocycles. The number of amides is 2. The van der Waals surface area contributed by atoms with Crippen LogP contribution in [-0.2, 0) is 6.54 Å². The van der Waals surface area contributed by atoms with Crippen LogP contribution in [0.4, 0.5) is 10.5 Å². The zero-order valence-electron chi connectivity index (χ0n) is 13.8. The molecular formula is C18H19N5O2. The van der Waals surface area contributed by atoms with E-state index in [4.69, 9.17) is 4.74 Å². The van der Waals surface area contributed by atoms with E-state index in [0.717, 1.165) is 11.5 Å². The van der Waals surface area contributed by atoms with E-state index in [1.165, 1.54) is 0 Å². The lowest BCUT2D eigenvalue weighted by Crippen LogP contribution is -2.31. The summed E-state index contributed by atoms with van der Waals surface area (Å²) in [5, 5.41) is 5.60. The van der Waals surface area contributed by atoms with E-state index in [0.29, 0.717) is 24.5 Å². The first-order valence-electron chi connectivity index (χ1n) is 7.88. The van der Waals surface area contributed by atoms with Crippen LogP contribution in [0.3, 0.4) is 0 Å². The number of carbonyl (C=O) groups excluding carboxylic acids is 1. The van der Waals surface area contributed by atoms with Gasteiger partial charge in [-0.3, -0.25) is 4.98 Å². The fourth-order valence-corrected chi connectivity index (χ4v) is 2.42. The van der Waals surface area contributed by atoms with Crippen LogP contribution in [0.5, 0.6) is 5.75 Å². The van der Waals surface area contributed by atoms with E-state index in [1.807, 2.05) is 41.1 Å². The molecule has 2 amide bonds. The summed E-state index contributed by atoms with van der Waals surface area (Å²) in [5.74, 6) is 1.39. The van der Waals surface area contributed by atoms with Crippen LogP contribution in [0.25, 0.3) is 11.5 Å². The average molecular weight is 337 g/mol. The van der Waals surface area contributed by atoms with Crippen molar-refractivity contribution < 1.29 is 9.53 Å². The monoisotopic (exact) mass is 337 g/mol. The van der Waals surface area contributed by atoms with E-state index < -0.39 is 0 Å². The molecule has 0 atom stereocenters. The van der Waals surface area contributed by atoms with E-state index >= 15 is 0 Å². The van der Waals surface area contributed by atoms with Gasteiger partial charge in [-0.15, -0.1) is 0 Å². The highest BCUT2D eigenvalue weighted by Crippen LogP contribution is 2.22. The summed E-state index contributed by atoms with van der Waals surface area (Å²) in [7, 11) is 1.57. The molecule has 7 nitrogen and oxygen atoms in total. The number of hydrogen-bond acceptors (Lipinski definition) is 4. The van der Waals surface area contributed by atoms with Gasteiger partial charge in [-0.1, -0.05) is 18.2 Å². The van der Waals surface area contributed by atoms with E-state index in [9.17, 15) is 4.79 Å². The summed E-state index contributed by atoms with van der Waals surface area (Å²) in [6, 6.07) is 12.7. The number of ether oxygens (including phenoxy) is 1. The number of methoxy groups -OCH3 is 1. The number of hydrogen-bond donors (Lipinski definition) is 2. The summed E-state index contributed by atoms with van der Waals surface area (Å²) < 4.78 is 7.16. The van der Waals surface area contributed by atoms with Crippen molar-refractivity contribution in [1.29, 1.82) is 0 Å². The number of imidazole rings is 1. The molecule has 0 radical (unpaired) electrons. The van der Waals surface area contributed by atoms with Crippen molar-refractivity contribution in [2.45, 2.75) is 6.54 Å². The SMILES string of the molecule is COc1ccccc1NC(=O)NCCn1ccnc1-c1ccccn1. The molecule has 0 saturated carbocycles. The Kier molecular flexibility index (Phi) is 5.26. The van der Waals surface area contributed by atoms with Crippen molar-refractivity contribution in [3.05, 3.63) is 61.1 Å². The second kappa shape index (κ2) is 7.96. The van der Waals surface area contributed by atoms with Crippen LogP contribution in [-0.4, -0.2) is 34.2 Å². The van der Waals surface area contributed by atoms with Gasteiger partial charge in [-0.2, -0.15) is 0 Å². The Hall–Kier alpha value is -3.35. The molecular weight excluding hydrogens is 318 g/mol. The van der Waals surface area contributed by atoms with Gasteiger partial charge >= 0.3 is 6.03 Å². The van der Waals surface area contributed by atoms with Crippen molar-refractivity contribution >= 4 is 11.7 Å². The number of carbonyl (C=O) groups is 1. The second-order valence-corrected chi connectivity index (χ2v) is 5.24. The van der Waals surface area contributed by atoms with Crippen molar-refractivity contribution in [1.82, 2.24) is 19.9 Å². The Labute approximate surface area is 145 Å². The molecule has 3 rings (SSSR count). The first kappa shape index (κ1) is 16.5. The van der Waals surface area contributed by atoms with Crippen LogP contribution >= 0.6 is 0 Å². The van der Waals surface area contributed by atoms with Crippen LogP contribution < -0.4 is 15.4 Å². The summed E-state index contributed by atoms with van der Waals surface area (Å²) in [5.41, 5.74) is 1.42. The minimum absolute atomic E-state index is 0.288. The molecule has 0 aliphatic carbocycles. The lowest BCUT2D eigenvalue weighted by Gasteiger charge is -2.12. The maximum Gasteiger partial charge on any atom is 0.319 e. The number of nitrogens with zero attached hydrogens (tertiary/aromatic N) is 3. The quantitative estimate of drug-likeness (QED) is 0.725. The molecule has 0 spiro atoms. The molecule has 2 N–H and O–H groups in total. The number of pyridine rings is 1. The van der Waals surface area contributed by atoms with Crippen molar-refractivity contribution in [3.63, 3.8) is 0 Å². The van der Waals surface area contributed by atoms with Crippen molar-refractivity contribution in [2.75, 3.05) is 19.0 Å². The van der Waals surface area contributed by atoms with Gasteiger partial charge in [0.25, 0.3) is 0 Å². The normalized spacial score (nSPS) is 10.3. The van der Waals surface area contributed by atoms with Crippen molar-refractivity contribution in [3.8, 4) is 17.3 Å². The molecule has 2 aromatic heterocycles. The molecule has 0 aliphatic rings. The minimum Gasteiger partial charge on any atom is -0.495 e. The number of benzene rings is 1. The zero-order valence-corrected chi connectivity index (χ0v) is 13.8. The third-order valence-corrected chi connectivity index (χ3v) is 3.60. The van der Waals surface area contributed by atoms with Gasteiger partial charge in [0.1, 0.15) is 11.4 Å². The van der Waals surface area contributed by atoms with Crippen LogP contribution in [0.1, 0.15) is 0 Å². The molecule has 2 heterocycles. The molecule has 25 heavy (non-hydrogen) atoms. The topological polar surface area (TPSA) is 81.1 Å². The first-order valence-corrected chi connectivity index (χ1v) is 7.88. The highest BCUT2D eigenvalue weighted by atomic mass is 16.5. The van der Waals surface area contributed by atoms with Gasteiger partial charge in [-0.25, -0.2) is 9.78 Å². The number of urea groups is 1. The first-order chi connectivity index (χ1) is 12.3. The van der Waals surface area contributed by atoms with Crippen molar-refractivity contribution in [2.24, 2.45) is 0 Å². The lowest BCUT2D eigenvalue weighted by molar-refractivity contribution is 0.251. The van der Waals surface area contributed by atoms with Crippen LogP contribution in [0, 0.1) is 0 Å². The predicted molar refractivity (Wildman–Crippen MR) is 95.5 cm³/mol. The van der Waals surface area contributed by atoms with Gasteiger partial charge in [0.15, 0.2) is 5.82 Å². The predicted octanol–water partition coefficient (Wildman–Crippen LogP) is 2.78. The number of aromatic nitrogens is 3. The molecule has 7 heteroatoms. The average Bonchev–Trinajstić information content (AvgIpc) is 3.11. The Morgan fingerprint density at radius 2 is 1.96 bits per heavy atom. The number of anilines is 1. The van der Waals surface area contributed by atoms with Gasteiger partial charge < -0.3 is 19.9 Å². The smallest absolute Gasteiger partial charge is 0.319 e. The second-order valence-electron chi connectivity index (χ2n) is 5.24. The van der Waals surface area contributed by atoms with E-state index in [2.05, 4.69) is 20.6 Å². The molecule has 0 saturated heterocycles. The minimum atomic E-state index is -0.288. The van der Waals surface area contributed by atoms with Gasteiger partial charge in [-0.05, 0) is 24.3 Å². The highest BCUT2D eigenvalue weighted by molar-refractivity contribution is 5.90. The summed E-state index contributed by atoms with van der Waals surface area (Å²) in [6.45, 7) is 1.04. The van der Waals surface area contributed by atoms with Gasteiger partial charge in [0.05, 0.1) is 12.8 Å². The van der Waals surface area contributed by atoms with E-state index in [-0.39, 0.29) is 6.03 Å². The fraction of sp³-hybridized carbons (Fsp3) is 0.167. The van der Waals surface area contributed by atoms with Gasteiger partial charge in [0.2, 0.25) is 0 Å². The molecule has 3 aromatic rings. The summed E-state index contributed by atoms with van der Waals surface area (Å²) in [6.07, 6.45) is 5.32. The Balaban J connectivity index is 1.55. The summed E-state index contributed by atoms with van der Waals surface area (Å²) >= 11 is 0. The van der Waals surface area contributed by atoms with Crippen LogP contribution in [0.2, 0.25) is 0 Å². The maximum atomic E-state index is 12.0. The molecule has 0 aliphatic heterocycles. The largest absolute Gasteiger partial charge is 0.495 e. The third kappa shape index (κ3) is 4.14. The number of nitrogens with one attached hydrogen (secondary N) is 2. The maximum absolute atomic E-state index is 12.0. The molecule has 0 fully saturated rings. The Morgan fingerprint density at radius 1 is 1.12 bits per heavy atom. The molecule has 0 bridgehead atoms. The fourth-order valence-electron chi connectivity index (χ4n) is 2.42.